The van der Waals surface area contributed by atoms with Gasteiger partial charge in [-0.05, 0) is 18.9 Å². The first-order valence-electron chi connectivity index (χ1n) is 6.80. The summed E-state index contributed by atoms with van der Waals surface area (Å²) >= 11 is 11.9. The Morgan fingerprint density at radius 3 is 2.76 bits per heavy atom. The number of aromatic nitrogens is 3. The van der Waals surface area contributed by atoms with Gasteiger partial charge in [-0.3, -0.25) is 9.36 Å². The van der Waals surface area contributed by atoms with Gasteiger partial charge in [0.25, 0.3) is 0 Å². The highest BCUT2D eigenvalue weighted by molar-refractivity contribution is 6.31. The number of alkyl halides is 1. The van der Waals surface area contributed by atoms with Gasteiger partial charge in [0.05, 0.1) is 10.9 Å². The number of pyridine rings is 1. The minimum atomic E-state index is -0.434. The van der Waals surface area contributed by atoms with Crippen molar-refractivity contribution in [2.75, 3.05) is 6.54 Å². The zero-order valence-electron chi connectivity index (χ0n) is 12.2. The maximum Gasteiger partial charge on any atom is 0.242 e. The third-order valence-electron chi connectivity index (χ3n) is 3.14. The molecule has 114 valence electrons. The Hall–Kier alpha value is -1.33. The number of nitrogens with one attached hydrogen (secondary N) is 1. The van der Waals surface area contributed by atoms with Crippen molar-refractivity contribution < 1.29 is 4.79 Å². The summed E-state index contributed by atoms with van der Waals surface area (Å²) in [6.07, 6.45) is 1.54. The normalized spacial score (nSPS) is 12.9. The second kappa shape index (κ2) is 6.62. The summed E-state index contributed by atoms with van der Waals surface area (Å²) in [4.78, 5) is 20.9. The monoisotopic (exact) mass is 328 g/mol. The number of halogens is 2. The van der Waals surface area contributed by atoms with Gasteiger partial charge in [0, 0.05) is 12.7 Å². The maximum atomic E-state index is 12.3. The van der Waals surface area contributed by atoms with E-state index < -0.39 is 6.04 Å². The van der Waals surface area contributed by atoms with Gasteiger partial charge in [-0.25, -0.2) is 9.97 Å². The molecule has 0 aromatic carbocycles. The Labute approximate surface area is 133 Å². The summed E-state index contributed by atoms with van der Waals surface area (Å²) in [5.41, 5.74) is 1.25. The van der Waals surface area contributed by atoms with Crippen LogP contribution in [-0.4, -0.2) is 27.0 Å². The average molecular weight is 329 g/mol. The molecule has 7 heteroatoms. The molecule has 0 radical (unpaired) electrons. The van der Waals surface area contributed by atoms with Crippen molar-refractivity contribution in [2.45, 2.75) is 32.7 Å². The van der Waals surface area contributed by atoms with Crippen LogP contribution in [-0.2, 0) is 10.7 Å². The van der Waals surface area contributed by atoms with Crippen LogP contribution in [0.15, 0.2) is 12.3 Å². The summed E-state index contributed by atoms with van der Waals surface area (Å²) in [6.45, 7) is 6.53. The Balaban J connectivity index is 2.37. The van der Waals surface area contributed by atoms with Crippen molar-refractivity contribution in [3.8, 4) is 0 Å². The molecule has 1 N–H and O–H groups in total. The first-order chi connectivity index (χ1) is 9.93. The van der Waals surface area contributed by atoms with E-state index in [1.807, 2.05) is 20.8 Å². The zero-order chi connectivity index (χ0) is 15.6. The third-order valence-corrected chi connectivity index (χ3v) is 3.59. The smallest absolute Gasteiger partial charge is 0.242 e. The number of hydrogen-bond acceptors (Lipinski definition) is 3. The molecule has 5 nitrogen and oxygen atoms in total. The minimum absolute atomic E-state index is 0.0777. The number of rotatable bonds is 5. The fourth-order valence-corrected chi connectivity index (χ4v) is 2.42. The molecule has 0 aliphatic heterocycles. The standard InChI is InChI=1S/C14H18Cl2N4O/c1-8(2)6-18-14(21)9(3)20-12(5-15)19-11-4-10(16)7-17-13(11)20/h4,7-9H,5-6H2,1-3H3,(H,18,21). The van der Waals surface area contributed by atoms with Crippen molar-refractivity contribution >= 4 is 40.3 Å². The number of fused-ring (bicyclic) bond motifs is 1. The third kappa shape index (κ3) is 3.47. The van der Waals surface area contributed by atoms with E-state index in [1.54, 1.807) is 16.8 Å². The van der Waals surface area contributed by atoms with Crippen LogP contribution in [0.1, 0.15) is 32.6 Å². The lowest BCUT2D eigenvalue weighted by atomic mass is 10.2. The fraction of sp³-hybridized carbons (Fsp3) is 0.500. The zero-order valence-corrected chi connectivity index (χ0v) is 13.7. The van der Waals surface area contributed by atoms with Gasteiger partial charge < -0.3 is 5.32 Å². The van der Waals surface area contributed by atoms with Gasteiger partial charge in [0.2, 0.25) is 5.91 Å². The van der Waals surface area contributed by atoms with Crippen LogP contribution in [0.4, 0.5) is 0 Å². The Bertz CT molecular complexity index is 654. The lowest BCUT2D eigenvalue weighted by molar-refractivity contribution is -0.124. The molecule has 0 saturated carbocycles. The van der Waals surface area contributed by atoms with E-state index in [-0.39, 0.29) is 11.8 Å². The molecule has 0 spiro atoms. The summed E-state index contributed by atoms with van der Waals surface area (Å²) in [7, 11) is 0. The first kappa shape index (κ1) is 16.0. The predicted molar refractivity (Wildman–Crippen MR) is 84.7 cm³/mol. The van der Waals surface area contributed by atoms with E-state index in [9.17, 15) is 4.79 Å². The van der Waals surface area contributed by atoms with Crippen LogP contribution in [0.3, 0.4) is 0 Å². The average Bonchev–Trinajstić information content (AvgIpc) is 2.81. The summed E-state index contributed by atoms with van der Waals surface area (Å²) < 4.78 is 1.76. The van der Waals surface area contributed by atoms with Crippen LogP contribution in [0.2, 0.25) is 5.02 Å². The van der Waals surface area contributed by atoms with Gasteiger partial charge >= 0.3 is 0 Å². The molecule has 1 unspecified atom stereocenters. The van der Waals surface area contributed by atoms with Crippen LogP contribution < -0.4 is 5.32 Å². The van der Waals surface area contributed by atoms with Crippen LogP contribution in [0, 0.1) is 5.92 Å². The molecule has 0 bridgehead atoms. The Morgan fingerprint density at radius 1 is 1.43 bits per heavy atom. The molecule has 1 atom stereocenters. The van der Waals surface area contributed by atoms with Gasteiger partial charge in [-0.15, -0.1) is 11.6 Å². The van der Waals surface area contributed by atoms with Crippen molar-refractivity contribution in [3.63, 3.8) is 0 Å². The number of carbonyl (C=O) groups excluding carboxylic acids is 1. The lowest BCUT2D eigenvalue weighted by Gasteiger charge is -2.17. The van der Waals surface area contributed by atoms with Gasteiger partial charge in [0.1, 0.15) is 17.4 Å². The van der Waals surface area contributed by atoms with E-state index in [2.05, 4.69) is 15.3 Å². The van der Waals surface area contributed by atoms with E-state index in [4.69, 9.17) is 23.2 Å². The number of hydrogen-bond donors (Lipinski definition) is 1. The molecule has 0 saturated heterocycles. The van der Waals surface area contributed by atoms with Crippen molar-refractivity contribution in [3.05, 3.63) is 23.1 Å². The largest absolute Gasteiger partial charge is 0.354 e. The molecule has 0 aliphatic carbocycles. The highest BCUT2D eigenvalue weighted by atomic mass is 35.5. The number of amides is 1. The lowest BCUT2D eigenvalue weighted by Crippen LogP contribution is -2.34. The highest BCUT2D eigenvalue weighted by Gasteiger charge is 2.22. The highest BCUT2D eigenvalue weighted by Crippen LogP contribution is 2.23. The minimum Gasteiger partial charge on any atom is -0.354 e. The van der Waals surface area contributed by atoms with Gasteiger partial charge in [0.15, 0.2) is 5.65 Å². The molecule has 0 fully saturated rings. The molecule has 2 aromatic heterocycles. The maximum absolute atomic E-state index is 12.3. The summed E-state index contributed by atoms with van der Waals surface area (Å²) in [5.74, 6) is 1.13. The predicted octanol–water partition coefficient (Wildman–Crippen LogP) is 3.16. The topological polar surface area (TPSA) is 59.8 Å². The van der Waals surface area contributed by atoms with Crippen molar-refractivity contribution in [2.24, 2.45) is 5.92 Å². The molecule has 2 aromatic rings. The SMILES string of the molecule is CC(C)CNC(=O)C(C)n1c(CCl)nc2cc(Cl)cnc21. The van der Waals surface area contributed by atoms with Gasteiger partial charge in [-0.2, -0.15) is 0 Å². The molecular formula is C14H18Cl2N4O. The quantitative estimate of drug-likeness (QED) is 0.857. The molecule has 0 aliphatic rings. The number of carbonyl (C=O) groups is 1. The van der Waals surface area contributed by atoms with Crippen molar-refractivity contribution in [1.29, 1.82) is 0 Å². The summed E-state index contributed by atoms with van der Waals surface area (Å²) in [6, 6.07) is 1.28. The second-order valence-electron chi connectivity index (χ2n) is 5.34. The first-order valence-corrected chi connectivity index (χ1v) is 7.71. The van der Waals surface area contributed by atoms with E-state index in [1.165, 1.54) is 0 Å². The molecule has 1 amide bonds. The molecule has 2 rings (SSSR count). The Kier molecular flexibility index (Phi) is 5.06. The van der Waals surface area contributed by atoms with E-state index in [0.29, 0.717) is 34.5 Å². The molecule has 2 heterocycles. The van der Waals surface area contributed by atoms with Crippen LogP contribution >= 0.6 is 23.2 Å². The summed E-state index contributed by atoms with van der Waals surface area (Å²) in [5, 5.41) is 3.42. The Morgan fingerprint density at radius 2 is 2.14 bits per heavy atom. The van der Waals surface area contributed by atoms with Gasteiger partial charge in [-0.1, -0.05) is 25.4 Å². The second-order valence-corrected chi connectivity index (χ2v) is 6.05. The fourth-order valence-electron chi connectivity index (χ4n) is 2.08. The molecule has 21 heavy (non-hydrogen) atoms. The van der Waals surface area contributed by atoms with Crippen LogP contribution in [0.25, 0.3) is 11.2 Å². The number of nitrogens with zero attached hydrogens (tertiary/aromatic N) is 3. The molecular weight excluding hydrogens is 311 g/mol. The van der Waals surface area contributed by atoms with Crippen molar-refractivity contribution in [1.82, 2.24) is 19.9 Å². The number of imidazole rings is 1. The van der Waals surface area contributed by atoms with Crippen LogP contribution in [0.5, 0.6) is 0 Å². The van der Waals surface area contributed by atoms with E-state index in [0.717, 1.165) is 0 Å². The van der Waals surface area contributed by atoms with E-state index >= 15 is 0 Å².